The van der Waals surface area contributed by atoms with Gasteiger partial charge in [0.2, 0.25) is 0 Å². The van der Waals surface area contributed by atoms with Crippen LogP contribution in [0.1, 0.15) is 17.2 Å². The Morgan fingerprint density at radius 3 is 2.50 bits per heavy atom. The molecule has 0 spiro atoms. The van der Waals surface area contributed by atoms with Crippen LogP contribution in [0.3, 0.4) is 0 Å². The van der Waals surface area contributed by atoms with E-state index in [4.69, 9.17) is 11.6 Å². The molecule has 0 fully saturated rings. The SMILES string of the molecule is OC(c1cc(F)cc(Cl)c1)c1cccc2ccccc12. The predicted octanol–water partition coefficient (Wildman–Crippen LogP) is 4.71. The van der Waals surface area contributed by atoms with Crippen LogP contribution in [0.2, 0.25) is 5.02 Å². The molecule has 0 bridgehead atoms. The molecule has 1 nitrogen and oxygen atoms in total. The number of hydrogen-bond donors (Lipinski definition) is 1. The monoisotopic (exact) mass is 286 g/mol. The summed E-state index contributed by atoms with van der Waals surface area (Å²) in [6.07, 6.45) is -0.908. The Labute approximate surface area is 121 Å². The van der Waals surface area contributed by atoms with Gasteiger partial charge < -0.3 is 5.11 Å². The minimum Gasteiger partial charge on any atom is -0.384 e. The number of benzene rings is 3. The summed E-state index contributed by atoms with van der Waals surface area (Å²) in [5.41, 5.74) is 1.19. The van der Waals surface area contributed by atoms with Crippen LogP contribution in [0.25, 0.3) is 10.8 Å². The van der Waals surface area contributed by atoms with Crippen molar-refractivity contribution in [3.63, 3.8) is 0 Å². The molecule has 0 aliphatic heterocycles. The lowest BCUT2D eigenvalue weighted by atomic mass is 9.96. The molecule has 20 heavy (non-hydrogen) atoms. The van der Waals surface area contributed by atoms with Crippen molar-refractivity contribution in [2.75, 3.05) is 0 Å². The van der Waals surface area contributed by atoms with Gasteiger partial charge >= 0.3 is 0 Å². The number of fused-ring (bicyclic) bond motifs is 1. The van der Waals surface area contributed by atoms with Crippen molar-refractivity contribution in [1.82, 2.24) is 0 Å². The highest BCUT2D eigenvalue weighted by Crippen LogP contribution is 2.30. The molecule has 1 N–H and O–H groups in total. The zero-order chi connectivity index (χ0) is 14.1. The van der Waals surface area contributed by atoms with Gasteiger partial charge in [-0.25, -0.2) is 4.39 Å². The predicted molar refractivity (Wildman–Crippen MR) is 79.4 cm³/mol. The smallest absolute Gasteiger partial charge is 0.125 e. The van der Waals surface area contributed by atoms with Crippen LogP contribution in [-0.4, -0.2) is 5.11 Å². The second-order valence-electron chi connectivity index (χ2n) is 4.67. The lowest BCUT2D eigenvalue weighted by Crippen LogP contribution is -2.01. The van der Waals surface area contributed by atoms with E-state index < -0.39 is 11.9 Å². The molecule has 1 unspecified atom stereocenters. The molecule has 0 saturated carbocycles. The van der Waals surface area contributed by atoms with Crippen LogP contribution in [0, 0.1) is 5.82 Å². The summed E-state index contributed by atoms with van der Waals surface area (Å²) < 4.78 is 13.4. The van der Waals surface area contributed by atoms with E-state index in [0.717, 1.165) is 16.3 Å². The van der Waals surface area contributed by atoms with Crippen LogP contribution < -0.4 is 0 Å². The van der Waals surface area contributed by atoms with E-state index in [1.165, 1.54) is 12.1 Å². The number of rotatable bonds is 2. The summed E-state index contributed by atoms with van der Waals surface area (Å²) in [5.74, 6) is -0.452. The molecule has 3 aromatic carbocycles. The molecule has 0 aliphatic rings. The Morgan fingerprint density at radius 2 is 1.70 bits per heavy atom. The lowest BCUT2D eigenvalue weighted by molar-refractivity contribution is 0.221. The quantitative estimate of drug-likeness (QED) is 0.723. The topological polar surface area (TPSA) is 20.2 Å². The third-order valence-electron chi connectivity index (χ3n) is 3.32. The standard InChI is InChI=1S/C17H12ClFO/c18-13-8-12(9-14(19)10-13)17(20)16-7-3-5-11-4-1-2-6-15(11)16/h1-10,17,20H. The fraction of sp³-hybridized carbons (Fsp3) is 0.0588. The average molecular weight is 287 g/mol. The molecular formula is C17H12ClFO. The van der Waals surface area contributed by atoms with Crippen molar-refractivity contribution >= 4 is 22.4 Å². The maximum absolute atomic E-state index is 13.4. The lowest BCUT2D eigenvalue weighted by Gasteiger charge is -2.14. The number of hydrogen-bond acceptors (Lipinski definition) is 1. The molecular weight excluding hydrogens is 275 g/mol. The van der Waals surface area contributed by atoms with E-state index in [1.54, 1.807) is 6.07 Å². The molecule has 100 valence electrons. The molecule has 0 heterocycles. The Bertz CT molecular complexity index is 744. The van der Waals surface area contributed by atoms with E-state index in [1.807, 2.05) is 42.5 Å². The third-order valence-corrected chi connectivity index (χ3v) is 3.54. The van der Waals surface area contributed by atoms with Crippen LogP contribution in [0.4, 0.5) is 4.39 Å². The van der Waals surface area contributed by atoms with Gasteiger partial charge in [-0.2, -0.15) is 0 Å². The summed E-state index contributed by atoms with van der Waals surface area (Å²) in [4.78, 5) is 0. The van der Waals surface area contributed by atoms with Gasteiger partial charge in [-0.05, 0) is 40.1 Å². The molecule has 3 aromatic rings. The average Bonchev–Trinajstić information content (AvgIpc) is 2.45. The van der Waals surface area contributed by atoms with E-state index >= 15 is 0 Å². The minimum atomic E-state index is -0.908. The first-order valence-corrected chi connectivity index (χ1v) is 6.64. The fourth-order valence-electron chi connectivity index (χ4n) is 2.40. The summed E-state index contributed by atoms with van der Waals surface area (Å²) in [6.45, 7) is 0. The molecule has 0 aliphatic carbocycles. The second kappa shape index (κ2) is 5.23. The van der Waals surface area contributed by atoms with E-state index in [-0.39, 0.29) is 5.02 Å². The van der Waals surface area contributed by atoms with Crippen LogP contribution in [0.15, 0.2) is 60.7 Å². The van der Waals surface area contributed by atoms with Gasteiger partial charge in [0.15, 0.2) is 0 Å². The van der Waals surface area contributed by atoms with E-state index in [2.05, 4.69) is 0 Å². The van der Waals surface area contributed by atoms with Crippen LogP contribution >= 0.6 is 11.6 Å². The fourth-order valence-corrected chi connectivity index (χ4v) is 2.63. The van der Waals surface area contributed by atoms with E-state index in [0.29, 0.717) is 5.56 Å². The Hall–Kier alpha value is -1.90. The van der Waals surface area contributed by atoms with Gasteiger partial charge in [-0.3, -0.25) is 0 Å². The van der Waals surface area contributed by atoms with Gasteiger partial charge in [0.05, 0.1) is 0 Å². The number of halogens is 2. The molecule has 0 aromatic heterocycles. The van der Waals surface area contributed by atoms with Crippen molar-refractivity contribution in [2.45, 2.75) is 6.10 Å². The zero-order valence-electron chi connectivity index (χ0n) is 10.6. The molecule has 0 saturated heterocycles. The highest BCUT2D eigenvalue weighted by Gasteiger charge is 2.14. The molecule has 3 rings (SSSR count). The van der Waals surface area contributed by atoms with Crippen molar-refractivity contribution < 1.29 is 9.50 Å². The van der Waals surface area contributed by atoms with Crippen LogP contribution in [-0.2, 0) is 0 Å². The largest absolute Gasteiger partial charge is 0.384 e. The summed E-state index contributed by atoms with van der Waals surface area (Å²) in [5, 5.41) is 12.8. The number of aliphatic hydroxyl groups is 1. The first-order valence-electron chi connectivity index (χ1n) is 6.27. The first kappa shape index (κ1) is 13.1. The van der Waals surface area contributed by atoms with Crippen molar-refractivity contribution in [3.05, 3.63) is 82.6 Å². The number of aliphatic hydroxyl groups excluding tert-OH is 1. The second-order valence-corrected chi connectivity index (χ2v) is 5.11. The molecule has 3 heteroatoms. The maximum atomic E-state index is 13.4. The van der Waals surface area contributed by atoms with Crippen molar-refractivity contribution in [1.29, 1.82) is 0 Å². The summed E-state index contributed by atoms with van der Waals surface area (Å²) >= 11 is 5.85. The Balaban J connectivity index is 2.15. The van der Waals surface area contributed by atoms with Gasteiger partial charge in [0.1, 0.15) is 11.9 Å². The van der Waals surface area contributed by atoms with Gasteiger partial charge in [0, 0.05) is 5.02 Å². The van der Waals surface area contributed by atoms with E-state index in [9.17, 15) is 9.50 Å². The maximum Gasteiger partial charge on any atom is 0.125 e. The molecule has 0 radical (unpaired) electrons. The molecule has 1 atom stereocenters. The highest BCUT2D eigenvalue weighted by molar-refractivity contribution is 6.30. The Morgan fingerprint density at radius 1 is 0.950 bits per heavy atom. The normalized spacial score (nSPS) is 12.6. The van der Waals surface area contributed by atoms with Crippen molar-refractivity contribution in [3.8, 4) is 0 Å². The van der Waals surface area contributed by atoms with Gasteiger partial charge in [0.25, 0.3) is 0 Å². The first-order chi connectivity index (χ1) is 9.65. The minimum absolute atomic E-state index is 0.277. The summed E-state index contributed by atoms with van der Waals surface area (Å²) in [6, 6.07) is 17.6. The van der Waals surface area contributed by atoms with Gasteiger partial charge in [-0.15, -0.1) is 0 Å². The van der Waals surface area contributed by atoms with Crippen LogP contribution in [0.5, 0.6) is 0 Å². The highest BCUT2D eigenvalue weighted by atomic mass is 35.5. The molecule has 0 amide bonds. The zero-order valence-corrected chi connectivity index (χ0v) is 11.3. The van der Waals surface area contributed by atoms with Gasteiger partial charge in [-0.1, -0.05) is 54.1 Å². The third kappa shape index (κ3) is 2.40. The Kier molecular flexibility index (Phi) is 3.43. The van der Waals surface area contributed by atoms with Crippen molar-refractivity contribution in [2.24, 2.45) is 0 Å². The summed E-state index contributed by atoms with van der Waals surface area (Å²) in [7, 11) is 0.